The average molecular weight is 418 g/mol. The molecule has 2 amide bonds. The van der Waals surface area contributed by atoms with Crippen molar-refractivity contribution >= 4 is 29.2 Å². The summed E-state index contributed by atoms with van der Waals surface area (Å²) in [7, 11) is 0. The molecule has 0 saturated carbocycles. The van der Waals surface area contributed by atoms with Crippen LogP contribution in [0.2, 0.25) is 0 Å². The molecule has 1 fully saturated rings. The van der Waals surface area contributed by atoms with Crippen LogP contribution < -0.4 is 5.32 Å². The Hall–Kier alpha value is -2.61. The number of carbonyl (C=O) groups excluding carboxylic acids is 1. The Balaban J connectivity index is 1.59. The molecule has 1 aliphatic rings. The second-order valence-electron chi connectivity index (χ2n) is 8.27. The maximum atomic E-state index is 12.3. The van der Waals surface area contributed by atoms with Gasteiger partial charge in [0.1, 0.15) is 5.01 Å². The molecule has 1 aromatic heterocycles. The van der Waals surface area contributed by atoms with Crippen LogP contribution in [0.5, 0.6) is 0 Å². The number of piperidine rings is 1. The van der Waals surface area contributed by atoms with E-state index in [2.05, 4.69) is 26.1 Å². The molecule has 29 heavy (non-hydrogen) atoms. The van der Waals surface area contributed by atoms with Crippen molar-refractivity contribution in [1.29, 1.82) is 0 Å². The van der Waals surface area contributed by atoms with Crippen LogP contribution in [-0.2, 0) is 10.2 Å². The third kappa shape index (κ3) is 5.47. The van der Waals surface area contributed by atoms with Gasteiger partial charge in [-0.1, -0.05) is 32.9 Å². The van der Waals surface area contributed by atoms with Crippen molar-refractivity contribution in [2.45, 2.75) is 39.0 Å². The highest BCUT2D eigenvalue weighted by molar-refractivity contribution is 7.13. The lowest BCUT2D eigenvalue weighted by Crippen LogP contribution is -2.38. The van der Waals surface area contributed by atoms with Gasteiger partial charge in [-0.3, -0.25) is 5.32 Å². The predicted molar refractivity (Wildman–Crippen MR) is 114 cm³/mol. The molecule has 3 rings (SSSR count). The quantitative estimate of drug-likeness (QED) is 0.727. The Bertz CT molecular complexity index is 867. The molecule has 2 aromatic rings. The topological polar surface area (TPSA) is 91.8 Å². The summed E-state index contributed by atoms with van der Waals surface area (Å²) in [6.07, 6.45) is -0.00309. The zero-order valence-corrected chi connectivity index (χ0v) is 17.8. The number of likely N-dealkylation sites (tertiary alicyclic amines) is 1. The van der Waals surface area contributed by atoms with Gasteiger partial charge in [0.2, 0.25) is 0 Å². The lowest BCUT2D eigenvalue weighted by Gasteiger charge is -2.29. The number of para-hydroxylation sites is 1. The van der Waals surface area contributed by atoms with Crippen LogP contribution in [0.25, 0.3) is 10.6 Å². The van der Waals surface area contributed by atoms with E-state index in [9.17, 15) is 9.59 Å². The number of hydrogen-bond donors (Lipinski definition) is 2. The van der Waals surface area contributed by atoms with Crippen molar-refractivity contribution in [3.8, 4) is 10.6 Å². The van der Waals surface area contributed by atoms with Gasteiger partial charge in [-0.2, -0.15) is 0 Å². The highest BCUT2D eigenvalue weighted by Crippen LogP contribution is 2.33. The van der Waals surface area contributed by atoms with E-state index in [1.54, 1.807) is 11.3 Å². The summed E-state index contributed by atoms with van der Waals surface area (Å²) >= 11 is 1.55. The Morgan fingerprint density at radius 1 is 1.28 bits per heavy atom. The second-order valence-corrected chi connectivity index (χ2v) is 9.13. The van der Waals surface area contributed by atoms with Crippen LogP contribution in [0.4, 0.5) is 15.3 Å². The highest BCUT2D eigenvalue weighted by Gasteiger charge is 2.24. The van der Waals surface area contributed by atoms with E-state index in [-0.39, 0.29) is 17.9 Å². The summed E-state index contributed by atoms with van der Waals surface area (Å²) in [5.41, 5.74) is 2.50. The number of hydrogen-bond acceptors (Lipinski definition) is 5. The minimum Gasteiger partial charge on any atom is -0.465 e. The molecule has 1 aromatic carbocycles. The van der Waals surface area contributed by atoms with Crippen LogP contribution in [-0.4, -0.2) is 46.9 Å². The summed E-state index contributed by atoms with van der Waals surface area (Å²) < 4.78 is 5.40. The SMILES string of the molecule is CC(C)(C)c1csc(-c2ccccc2NC(=O)OCC2CCN(C(=O)O)CC2)n1. The van der Waals surface area contributed by atoms with Gasteiger partial charge in [0, 0.05) is 29.4 Å². The smallest absolute Gasteiger partial charge is 0.411 e. The molecule has 1 saturated heterocycles. The predicted octanol–water partition coefficient (Wildman–Crippen LogP) is 5.05. The molecule has 8 heteroatoms. The molecule has 7 nitrogen and oxygen atoms in total. The number of anilines is 1. The van der Waals surface area contributed by atoms with Crippen molar-refractivity contribution in [2.75, 3.05) is 25.0 Å². The number of carboxylic acid groups (broad SMARTS) is 1. The molecule has 0 unspecified atom stereocenters. The number of aromatic nitrogens is 1. The minimum absolute atomic E-state index is 0.0354. The van der Waals surface area contributed by atoms with Crippen molar-refractivity contribution in [2.24, 2.45) is 5.92 Å². The maximum absolute atomic E-state index is 12.3. The first-order valence-corrected chi connectivity index (χ1v) is 10.6. The highest BCUT2D eigenvalue weighted by atomic mass is 32.1. The first-order valence-electron chi connectivity index (χ1n) is 9.71. The van der Waals surface area contributed by atoms with Gasteiger partial charge in [-0.05, 0) is 30.9 Å². The van der Waals surface area contributed by atoms with Gasteiger partial charge in [0.25, 0.3) is 0 Å². The standard InChI is InChI=1S/C21H27N3O4S/c1-21(2,3)17-13-29-18(23-17)15-6-4-5-7-16(15)22-19(25)28-12-14-8-10-24(11-9-14)20(26)27/h4-7,13-14H,8-12H2,1-3H3,(H,22,25)(H,26,27). The fourth-order valence-corrected chi connectivity index (χ4v) is 4.24. The first kappa shape index (κ1) is 21.1. The summed E-state index contributed by atoms with van der Waals surface area (Å²) in [6.45, 7) is 7.60. The molecular formula is C21H27N3O4S. The zero-order valence-electron chi connectivity index (χ0n) is 17.0. The summed E-state index contributed by atoms with van der Waals surface area (Å²) in [6, 6.07) is 7.54. The molecule has 156 valence electrons. The normalized spacial score (nSPS) is 15.2. The molecule has 1 aliphatic heterocycles. The van der Waals surface area contributed by atoms with Gasteiger partial charge < -0.3 is 14.7 Å². The van der Waals surface area contributed by atoms with E-state index in [4.69, 9.17) is 14.8 Å². The summed E-state index contributed by atoms with van der Waals surface area (Å²) in [5.74, 6) is 0.180. The van der Waals surface area contributed by atoms with E-state index < -0.39 is 12.2 Å². The monoisotopic (exact) mass is 417 g/mol. The van der Waals surface area contributed by atoms with E-state index in [0.717, 1.165) is 16.3 Å². The number of amides is 2. The number of benzene rings is 1. The van der Waals surface area contributed by atoms with Crippen LogP contribution >= 0.6 is 11.3 Å². The molecule has 0 aliphatic carbocycles. The van der Waals surface area contributed by atoms with Crippen molar-refractivity contribution < 1.29 is 19.4 Å². The molecular weight excluding hydrogens is 390 g/mol. The number of carbonyl (C=O) groups is 2. The average Bonchev–Trinajstić information content (AvgIpc) is 3.18. The van der Waals surface area contributed by atoms with Gasteiger partial charge in [-0.25, -0.2) is 14.6 Å². The lowest BCUT2D eigenvalue weighted by molar-refractivity contribution is 0.0948. The van der Waals surface area contributed by atoms with E-state index in [1.165, 1.54) is 4.90 Å². The Morgan fingerprint density at radius 3 is 2.59 bits per heavy atom. The molecule has 2 heterocycles. The van der Waals surface area contributed by atoms with Crippen molar-refractivity contribution in [1.82, 2.24) is 9.88 Å². The fourth-order valence-electron chi connectivity index (χ4n) is 3.15. The van der Waals surface area contributed by atoms with Crippen LogP contribution in [0.15, 0.2) is 29.6 Å². The second kappa shape index (κ2) is 8.82. The van der Waals surface area contributed by atoms with Gasteiger partial charge in [-0.15, -0.1) is 11.3 Å². The lowest BCUT2D eigenvalue weighted by atomic mass is 9.93. The molecule has 0 bridgehead atoms. The Labute approximate surface area is 174 Å². The first-order chi connectivity index (χ1) is 13.7. The van der Waals surface area contributed by atoms with E-state index >= 15 is 0 Å². The zero-order chi connectivity index (χ0) is 21.0. The van der Waals surface area contributed by atoms with Crippen molar-refractivity contribution in [3.05, 3.63) is 35.3 Å². The van der Waals surface area contributed by atoms with Crippen molar-refractivity contribution in [3.63, 3.8) is 0 Å². The number of nitrogens with one attached hydrogen (secondary N) is 1. The maximum Gasteiger partial charge on any atom is 0.411 e. The van der Waals surface area contributed by atoms with Crippen LogP contribution in [0.1, 0.15) is 39.3 Å². The van der Waals surface area contributed by atoms with Crippen LogP contribution in [0, 0.1) is 5.92 Å². The molecule has 0 atom stereocenters. The van der Waals surface area contributed by atoms with E-state index in [1.807, 2.05) is 29.6 Å². The number of rotatable bonds is 4. The largest absolute Gasteiger partial charge is 0.465 e. The third-order valence-corrected chi connectivity index (χ3v) is 5.88. The summed E-state index contributed by atoms with van der Waals surface area (Å²) in [5, 5.41) is 14.7. The number of nitrogens with zero attached hydrogens (tertiary/aromatic N) is 2. The van der Waals surface area contributed by atoms with Crippen LogP contribution in [0.3, 0.4) is 0 Å². The number of ether oxygens (including phenoxy) is 1. The minimum atomic E-state index is -0.893. The van der Waals surface area contributed by atoms with Gasteiger partial charge >= 0.3 is 12.2 Å². The summed E-state index contributed by atoms with van der Waals surface area (Å²) in [4.78, 5) is 29.4. The third-order valence-electron chi connectivity index (χ3n) is 5.00. The van der Waals surface area contributed by atoms with E-state index in [0.29, 0.717) is 31.6 Å². The Morgan fingerprint density at radius 2 is 1.97 bits per heavy atom. The van der Waals surface area contributed by atoms with Gasteiger partial charge in [0.05, 0.1) is 18.0 Å². The molecule has 0 radical (unpaired) electrons. The molecule has 2 N–H and O–H groups in total. The number of thiazole rings is 1. The fraction of sp³-hybridized carbons (Fsp3) is 0.476. The van der Waals surface area contributed by atoms with Gasteiger partial charge in [0.15, 0.2) is 0 Å². The molecule has 0 spiro atoms. The Kier molecular flexibility index (Phi) is 6.42.